The topological polar surface area (TPSA) is 30.5 Å². The van der Waals surface area contributed by atoms with Gasteiger partial charge in [0.25, 0.3) is 0 Å². The number of hydrogen-bond acceptors (Lipinski definition) is 3. The van der Waals surface area contributed by atoms with Crippen LogP contribution in [0.4, 0.5) is 0 Å². The molecule has 1 saturated heterocycles. The van der Waals surface area contributed by atoms with Crippen LogP contribution in [-0.2, 0) is 11.2 Å². The van der Waals surface area contributed by atoms with Crippen molar-refractivity contribution >= 4 is 15.9 Å². The minimum atomic E-state index is 0.286. The van der Waals surface area contributed by atoms with Gasteiger partial charge in [-0.3, -0.25) is 0 Å². The van der Waals surface area contributed by atoms with E-state index in [1.54, 1.807) is 7.11 Å². The molecule has 1 aromatic rings. The second kappa shape index (κ2) is 6.73. The van der Waals surface area contributed by atoms with Crippen molar-refractivity contribution < 1.29 is 9.47 Å². The molecule has 4 heteroatoms. The summed E-state index contributed by atoms with van der Waals surface area (Å²) < 4.78 is 12.4. The van der Waals surface area contributed by atoms with Crippen LogP contribution in [-0.4, -0.2) is 32.9 Å². The minimum Gasteiger partial charge on any atom is -0.496 e. The maximum absolute atomic E-state index is 5.88. The molecule has 0 saturated carbocycles. The monoisotopic (exact) mass is 327 g/mol. The Morgan fingerprint density at radius 3 is 2.89 bits per heavy atom. The van der Waals surface area contributed by atoms with Crippen LogP contribution in [0.25, 0.3) is 0 Å². The van der Waals surface area contributed by atoms with Crippen LogP contribution >= 0.6 is 15.9 Å². The molecule has 1 aromatic carbocycles. The fourth-order valence-electron chi connectivity index (χ4n) is 2.76. The van der Waals surface area contributed by atoms with Gasteiger partial charge in [0.1, 0.15) is 5.75 Å². The smallest absolute Gasteiger partial charge is 0.122 e. The Labute approximate surface area is 123 Å². The van der Waals surface area contributed by atoms with E-state index in [2.05, 4.69) is 34.2 Å². The van der Waals surface area contributed by atoms with Crippen LogP contribution in [0.5, 0.6) is 5.75 Å². The Morgan fingerprint density at radius 2 is 2.32 bits per heavy atom. The van der Waals surface area contributed by atoms with Crippen molar-refractivity contribution in [1.29, 1.82) is 0 Å². The fraction of sp³-hybridized carbons (Fsp3) is 0.600. The number of rotatable bonds is 5. The molecular formula is C15H22BrNO2. The van der Waals surface area contributed by atoms with Crippen molar-refractivity contribution in [2.24, 2.45) is 5.92 Å². The molecule has 0 bridgehead atoms. The molecule has 2 rings (SSSR count). The van der Waals surface area contributed by atoms with E-state index < -0.39 is 0 Å². The van der Waals surface area contributed by atoms with Crippen LogP contribution in [0.3, 0.4) is 0 Å². The summed E-state index contributed by atoms with van der Waals surface area (Å²) in [4.78, 5) is 0. The largest absolute Gasteiger partial charge is 0.496 e. The lowest BCUT2D eigenvalue weighted by molar-refractivity contribution is 0.0632. The van der Waals surface area contributed by atoms with Crippen LogP contribution in [0.2, 0.25) is 0 Å². The summed E-state index contributed by atoms with van der Waals surface area (Å²) in [6.07, 6.45) is 2.35. The first kappa shape index (κ1) is 14.8. The molecule has 0 spiro atoms. The zero-order chi connectivity index (χ0) is 13.8. The molecule has 0 radical (unpaired) electrons. The third-order valence-corrected chi connectivity index (χ3v) is 4.39. The molecule has 3 nitrogen and oxygen atoms in total. The van der Waals surface area contributed by atoms with E-state index in [1.807, 2.05) is 19.2 Å². The lowest BCUT2D eigenvalue weighted by Gasteiger charge is -2.26. The highest BCUT2D eigenvalue weighted by Gasteiger charge is 2.31. The van der Waals surface area contributed by atoms with Gasteiger partial charge in [-0.2, -0.15) is 0 Å². The molecule has 1 aliphatic heterocycles. The Morgan fingerprint density at radius 1 is 1.53 bits per heavy atom. The van der Waals surface area contributed by atoms with Gasteiger partial charge in [-0.1, -0.05) is 22.9 Å². The van der Waals surface area contributed by atoms with E-state index in [9.17, 15) is 0 Å². The standard InChI is InChI=1S/C15H22BrNO2/c1-10-6-7-19-15(10)13(17-2)9-11-8-12(16)4-5-14(11)18-3/h4-5,8,10,13,15,17H,6-7,9H2,1-3H3. The third kappa shape index (κ3) is 3.50. The Kier molecular flexibility index (Phi) is 5.25. The molecule has 1 aliphatic rings. The lowest BCUT2D eigenvalue weighted by atomic mass is 9.93. The SMILES string of the molecule is CNC(Cc1cc(Br)ccc1OC)C1OCCC1C. The van der Waals surface area contributed by atoms with Gasteiger partial charge in [0.05, 0.1) is 13.2 Å². The predicted octanol–water partition coefficient (Wildman–Crippen LogP) is 3.01. The molecule has 19 heavy (non-hydrogen) atoms. The van der Waals surface area contributed by atoms with Crippen LogP contribution in [0, 0.1) is 5.92 Å². The molecule has 0 amide bonds. The Bertz CT molecular complexity index is 425. The predicted molar refractivity (Wildman–Crippen MR) is 80.8 cm³/mol. The van der Waals surface area contributed by atoms with Gasteiger partial charge >= 0.3 is 0 Å². The molecule has 3 atom stereocenters. The molecule has 3 unspecified atom stereocenters. The van der Waals surface area contributed by atoms with E-state index in [1.165, 1.54) is 5.56 Å². The number of benzene rings is 1. The highest BCUT2D eigenvalue weighted by Crippen LogP contribution is 2.28. The normalized spacial score (nSPS) is 24.4. The highest BCUT2D eigenvalue weighted by molar-refractivity contribution is 9.10. The van der Waals surface area contributed by atoms with Gasteiger partial charge < -0.3 is 14.8 Å². The lowest BCUT2D eigenvalue weighted by Crippen LogP contribution is -2.42. The number of likely N-dealkylation sites (N-methyl/N-ethyl adjacent to an activating group) is 1. The van der Waals surface area contributed by atoms with Gasteiger partial charge in [0, 0.05) is 17.1 Å². The second-order valence-corrected chi connectivity index (χ2v) is 6.07. The number of nitrogens with one attached hydrogen (secondary N) is 1. The first-order chi connectivity index (χ1) is 9.15. The van der Waals surface area contributed by atoms with Crippen molar-refractivity contribution in [3.05, 3.63) is 28.2 Å². The van der Waals surface area contributed by atoms with E-state index in [0.717, 1.165) is 29.7 Å². The van der Waals surface area contributed by atoms with Crippen LogP contribution < -0.4 is 10.1 Å². The highest BCUT2D eigenvalue weighted by atomic mass is 79.9. The molecule has 1 heterocycles. The van der Waals surface area contributed by atoms with E-state index in [4.69, 9.17) is 9.47 Å². The van der Waals surface area contributed by atoms with Gasteiger partial charge in [-0.05, 0) is 49.6 Å². The minimum absolute atomic E-state index is 0.286. The summed E-state index contributed by atoms with van der Waals surface area (Å²) in [6.45, 7) is 3.14. The molecular weight excluding hydrogens is 306 g/mol. The molecule has 0 aromatic heterocycles. The maximum atomic E-state index is 5.88. The van der Waals surface area contributed by atoms with Gasteiger partial charge in [-0.15, -0.1) is 0 Å². The number of halogens is 1. The summed E-state index contributed by atoms with van der Waals surface area (Å²) in [5.74, 6) is 1.55. The van der Waals surface area contributed by atoms with Crippen molar-refractivity contribution in [1.82, 2.24) is 5.32 Å². The second-order valence-electron chi connectivity index (χ2n) is 5.16. The average molecular weight is 328 g/mol. The summed E-state index contributed by atoms with van der Waals surface area (Å²) in [5.41, 5.74) is 1.21. The molecule has 1 fully saturated rings. The van der Waals surface area contributed by atoms with E-state index in [-0.39, 0.29) is 6.10 Å². The first-order valence-electron chi connectivity index (χ1n) is 6.77. The third-order valence-electron chi connectivity index (χ3n) is 3.89. The summed E-state index contributed by atoms with van der Waals surface area (Å²) >= 11 is 3.53. The van der Waals surface area contributed by atoms with Crippen molar-refractivity contribution in [3.63, 3.8) is 0 Å². The molecule has 106 valence electrons. The van der Waals surface area contributed by atoms with Crippen LogP contribution in [0.1, 0.15) is 18.9 Å². The zero-order valence-electron chi connectivity index (χ0n) is 11.8. The van der Waals surface area contributed by atoms with Crippen molar-refractivity contribution in [3.8, 4) is 5.75 Å². The number of hydrogen-bond donors (Lipinski definition) is 1. The van der Waals surface area contributed by atoms with E-state index >= 15 is 0 Å². The zero-order valence-corrected chi connectivity index (χ0v) is 13.4. The number of methoxy groups -OCH3 is 1. The van der Waals surface area contributed by atoms with Gasteiger partial charge in [-0.25, -0.2) is 0 Å². The van der Waals surface area contributed by atoms with Crippen molar-refractivity contribution in [2.45, 2.75) is 31.9 Å². The summed E-state index contributed by atoms with van der Waals surface area (Å²) in [7, 11) is 3.72. The van der Waals surface area contributed by atoms with Crippen molar-refractivity contribution in [2.75, 3.05) is 20.8 Å². The van der Waals surface area contributed by atoms with Crippen LogP contribution in [0.15, 0.2) is 22.7 Å². The average Bonchev–Trinajstić information content (AvgIpc) is 2.82. The first-order valence-corrected chi connectivity index (χ1v) is 7.56. The quantitative estimate of drug-likeness (QED) is 0.901. The molecule has 1 N–H and O–H groups in total. The maximum Gasteiger partial charge on any atom is 0.122 e. The summed E-state index contributed by atoms with van der Waals surface area (Å²) in [6, 6.07) is 6.46. The Hall–Kier alpha value is -0.580. The Balaban J connectivity index is 2.15. The van der Waals surface area contributed by atoms with E-state index in [0.29, 0.717) is 12.0 Å². The van der Waals surface area contributed by atoms with Gasteiger partial charge in [0.15, 0.2) is 0 Å². The van der Waals surface area contributed by atoms with Gasteiger partial charge in [0.2, 0.25) is 0 Å². The number of ether oxygens (including phenoxy) is 2. The summed E-state index contributed by atoms with van der Waals surface area (Å²) in [5, 5.41) is 3.40. The fourth-order valence-corrected chi connectivity index (χ4v) is 3.17. The molecule has 0 aliphatic carbocycles.